The quantitative estimate of drug-likeness (QED) is 0.820. The van der Waals surface area contributed by atoms with Gasteiger partial charge in [0.1, 0.15) is 5.75 Å². The number of aryl methyl sites for hydroxylation is 1. The molecule has 0 fully saturated rings. The van der Waals surface area contributed by atoms with E-state index in [2.05, 4.69) is 36.6 Å². The standard InChI is InChI=1S/C20H26N2O2/c1-14-7-5-6-8-19(14)15(2)22-16(3)20(23)21-13-17-9-11-18(24-4)12-10-17/h5-12,15-16,22H,13H2,1-4H3,(H,21,23). The molecule has 2 aromatic carbocycles. The molecule has 0 heterocycles. The highest BCUT2D eigenvalue weighted by molar-refractivity contribution is 5.81. The molecule has 0 aliphatic rings. The summed E-state index contributed by atoms with van der Waals surface area (Å²) < 4.78 is 5.13. The molecule has 0 saturated carbocycles. The van der Waals surface area contributed by atoms with Crippen LogP contribution < -0.4 is 15.4 Å². The van der Waals surface area contributed by atoms with Crippen molar-refractivity contribution in [2.45, 2.75) is 39.4 Å². The highest BCUT2D eigenvalue weighted by Crippen LogP contribution is 2.17. The lowest BCUT2D eigenvalue weighted by Gasteiger charge is -2.21. The fraction of sp³-hybridized carbons (Fsp3) is 0.350. The van der Waals surface area contributed by atoms with Crippen LogP contribution in [0.25, 0.3) is 0 Å². The van der Waals surface area contributed by atoms with Gasteiger partial charge in [0.2, 0.25) is 5.91 Å². The maximum absolute atomic E-state index is 12.3. The number of benzene rings is 2. The predicted molar refractivity (Wildman–Crippen MR) is 97.0 cm³/mol. The Kier molecular flexibility index (Phi) is 6.38. The molecule has 128 valence electrons. The van der Waals surface area contributed by atoms with Crippen molar-refractivity contribution in [2.75, 3.05) is 7.11 Å². The second-order valence-electron chi connectivity index (χ2n) is 6.03. The molecule has 0 saturated heterocycles. The van der Waals surface area contributed by atoms with E-state index in [9.17, 15) is 4.79 Å². The highest BCUT2D eigenvalue weighted by Gasteiger charge is 2.16. The van der Waals surface area contributed by atoms with Gasteiger partial charge in [-0.15, -0.1) is 0 Å². The number of methoxy groups -OCH3 is 1. The van der Waals surface area contributed by atoms with Gasteiger partial charge in [0.15, 0.2) is 0 Å². The summed E-state index contributed by atoms with van der Waals surface area (Å²) in [5.41, 5.74) is 3.49. The van der Waals surface area contributed by atoms with Crippen LogP contribution in [0.2, 0.25) is 0 Å². The molecule has 0 bridgehead atoms. The SMILES string of the molecule is COc1ccc(CNC(=O)C(C)NC(C)c2ccccc2C)cc1. The van der Waals surface area contributed by atoms with Gasteiger partial charge in [0.25, 0.3) is 0 Å². The summed E-state index contributed by atoms with van der Waals surface area (Å²) in [5, 5.41) is 6.32. The number of ether oxygens (including phenoxy) is 1. The van der Waals surface area contributed by atoms with Crippen molar-refractivity contribution in [2.24, 2.45) is 0 Å². The Morgan fingerprint density at radius 1 is 1.08 bits per heavy atom. The van der Waals surface area contributed by atoms with Crippen LogP contribution in [0.15, 0.2) is 48.5 Å². The number of rotatable bonds is 7. The molecule has 4 nitrogen and oxygen atoms in total. The van der Waals surface area contributed by atoms with Gasteiger partial charge < -0.3 is 10.1 Å². The first-order chi connectivity index (χ1) is 11.5. The summed E-state index contributed by atoms with van der Waals surface area (Å²) in [6, 6.07) is 15.8. The second-order valence-corrected chi connectivity index (χ2v) is 6.03. The van der Waals surface area contributed by atoms with Crippen molar-refractivity contribution in [3.8, 4) is 5.75 Å². The summed E-state index contributed by atoms with van der Waals surface area (Å²) >= 11 is 0. The third kappa shape index (κ3) is 4.83. The van der Waals surface area contributed by atoms with E-state index < -0.39 is 0 Å². The largest absolute Gasteiger partial charge is 0.497 e. The van der Waals surface area contributed by atoms with Crippen LogP contribution >= 0.6 is 0 Å². The molecule has 2 N–H and O–H groups in total. The van der Waals surface area contributed by atoms with Crippen LogP contribution in [-0.2, 0) is 11.3 Å². The first-order valence-electron chi connectivity index (χ1n) is 8.23. The molecular formula is C20H26N2O2. The zero-order valence-electron chi connectivity index (χ0n) is 14.8. The maximum Gasteiger partial charge on any atom is 0.237 e. The van der Waals surface area contributed by atoms with Gasteiger partial charge in [0.05, 0.1) is 13.2 Å². The molecule has 0 aromatic heterocycles. The minimum atomic E-state index is -0.266. The Morgan fingerprint density at radius 3 is 2.38 bits per heavy atom. The lowest BCUT2D eigenvalue weighted by Crippen LogP contribution is -2.42. The van der Waals surface area contributed by atoms with Crippen LogP contribution in [0, 0.1) is 6.92 Å². The van der Waals surface area contributed by atoms with E-state index >= 15 is 0 Å². The monoisotopic (exact) mass is 326 g/mol. The van der Waals surface area contributed by atoms with Crippen molar-refractivity contribution in [1.29, 1.82) is 0 Å². The van der Waals surface area contributed by atoms with Crippen molar-refractivity contribution in [1.82, 2.24) is 10.6 Å². The van der Waals surface area contributed by atoms with E-state index in [1.54, 1.807) is 7.11 Å². The van der Waals surface area contributed by atoms with Gasteiger partial charge in [-0.1, -0.05) is 36.4 Å². The Morgan fingerprint density at radius 2 is 1.75 bits per heavy atom. The third-order valence-corrected chi connectivity index (χ3v) is 4.17. The molecule has 0 aliphatic carbocycles. The minimum Gasteiger partial charge on any atom is -0.497 e. The van der Waals surface area contributed by atoms with Gasteiger partial charge >= 0.3 is 0 Å². The van der Waals surface area contributed by atoms with E-state index in [-0.39, 0.29) is 18.0 Å². The average molecular weight is 326 g/mol. The van der Waals surface area contributed by atoms with E-state index in [0.29, 0.717) is 6.54 Å². The van der Waals surface area contributed by atoms with Crippen LogP contribution in [0.1, 0.15) is 36.6 Å². The molecule has 2 aromatic rings. The zero-order valence-corrected chi connectivity index (χ0v) is 14.8. The average Bonchev–Trinajstić information content (AvgIpc) is 2.60. The van der Waals surface area contributed by atoms with E-state index in [1.807, 2.05) is 43.3 Å². The molecule has 0 radical (unpaired) electrons. The molecule has 4 heteroatoms. The molecule has 0 aliphatic heterocycles. The molecule has 1 amide bonds. The summed E-state index contributed by atoms with van der Waals surface area (Å²) in [6.45, 7) is 6.56. The Balaban J connectivity index is 1.86. The van der Waals surface area contributed by atoms with Crippen molar-refractivity contribution in [3.63, 3.8) is 0 Å². The smallest absolute Gasteiger partial charge is 0.237 e. The van der Waals surface area contributed by atoms with Gasteiger partial charge in [-0.2, -0.15) is 0 Å². The first-order valence-corrected chi connectivity index (χ1v) is 8.23. The van der Waals surface area contributed by atoms with E-state index in [1.165, 1.54) is 11.1 Å². The molecule has 2 unspecified atom stereocenters. The molecule has 0 spiro atoms. The third-order valence-electron chi connectivity index (χ3n) is 4.17. The number of hydrogen-bond donors (Lipinski definition) is 2. The second kappa shape index (κ2) is 8.50. The Bertz CT molecular complexity index is 668. The van der Waals surface area contributed by atoms with Crippen molar-refractivity contribution >= 4 is 5.91 Å². The van der Waals surface area contributed by atoms with E-state index in [4.69, 9.17) is 4.74 Å². The van der Waals surface area contributed by atoms with Gasteiger partial charge in [-0.3, -0.25) is 10.1 Å². The molecule has 24 heavy (non-hydrogen) atoms. The Labute approximate surface area is 144 Å². The van der Waals surface area contributed by atoms with E-state index in [0.717, 1.165) is 11.3 Å². The van der Waals surface area contributed by atoms with Gasteiger partial charge in [0, 0.05) is 12.6 Å². The highest BCUT2D eigenvalue weighted by atomic mass is 16.5. The lowest BCUT2D eigenvalue weighted by atomic mass is 10.0. The fourth-order valence-electron chi connectivity index (χ4n) is 2.70. The first kappa shape index (κ1) is 18.0. The topological polar surface area (TPSA) is 50.4 Å². The number of amides is 1. The van der Waals surface area contributed by atoms with Gasteiger partial charge in [-0.25, -0.2) is 0 Å². The number of hydrogen-bond acceptors (Lipinski definition) is 3. The lowest BCUT2D eigenvalue weighted by molar-refractivity contribution is -0.123. The summed E-state index contributed by atoms with van der Waals surface area (Å²) in [7, 11) is 1.64. The maximum atomic E-state index is 12.3. The van der Waals surface area contributed by atoms with Crippen molar-refractivity contribution < 1.29 is 9.53 Å². The van der Waals surface area contributed by atoms with Crippen LogP contribution in [0.3, 0.4) is 0 Å². The number of carbonyl (C=O) groups is 1. The summed E-state index contributed by atoms with van der Waals surface area (Å²) in [5.74, 6) is 0.804. The van der Waals surface area contributed by atoms with Gasteiger partial charge in [-0.05, 0) is 49.6 Å². The number of nitrogens with one attached hydrogen (secondary N) is 2. The molecular weight excluding hydrogens is 300 g/mol. The fourth-order valence-corrected chi connectivity index (χ4v) is 2.70. The van der Waals surface area contributed by atoms with Crippen LogP contribution in [0.4, 0.5) is 0 Å². The summed E-state index contributed by atoms with van der Waals surface area (Å²) in [6.07, 6.45) is 0. The Hall–Kier alpha value is -2.33. The normalized spacial score (nSPS) is 13.2. The molecule has 2 rings (SSSR count). The van der Waals surface area contributed by atoms with Crippen LogP contribution in [-0.4, -0.2) is 19.1 Å². The number of carbonyl (C=O) groups excluding carboxylic acids is 1. The molecule has 2 atom stereocenters. The van der Waals surface area contributed by atoms with Crippen LogP contribution in [0.5, 0.6) is 5.75 Å². The predicted octanol–water partition coefficient (Wildman–Crippen LogP) is 3.36. The summed E-state index contributed by atoms with van der Waals surface area (Å²) in [4.78, 5) is 12.3. The zero-order chi connectivity index (χ0) is 17.5. The van der Waals surface area contributed by atoms with Crippen molar-refractivity contribution in [3.05, 3.63) is 65.2 Å². The minimum absolute atomic E-state index is 0.00810.